The third-order valence-electron chi connectivity index (χ3n) is 4.56. The molecule has 0 bridgehead atoms. The van der Waals surface area contributed by atoms with Crippen LogP contribution in [0.5, 0.6) is 0 Å². The van der Waals surface area contributed by atoms with Crippen molar-refractivity contribution in [3.63, 3.8) is 0 Å². The zero-order valence-corrected chi connectivity index (χ0v) is 16.3. The molecule has 1 aliphatic heterocycles. The fourth-order valence-corrected chi connectivity index (χ4v) is 2.40. The quantitative estimate of drug-likeness (QED) is 0.542. The summed E-state index contributed by atoms with van der Waals surface area (Å²) >= 11 is 0. The summed E-state index contributed by atoms with van der Waals surface area (Å²) in [5.41, 5.74) is -2.30. The van der Waals surface area contributed by atoms with E-state index >= 15 is 0 Å². The number of nitrogens with zero attached hydrogens (tertiary/aromatic N) is 1. The maximum absolute atomic E-state index is 12.9. The first-order chi connectivity index (χ1) is 13.3. The minimum atomic E-state index is -4.69. The predicted octanol–water partition coefficient (Wildman–Crippen LogP) is 3.19. The molecule has 0 saturated carbocycles. The van der Waals surface area contributed by atoms with Crippen molar-refractivity contribution in [3.8, 4) is 0 Å². The average Bonchev–Trinajstić information content (AvgIpc) is 2.87. The summed E-state index contributed by atoms with van der Waals surface area (Å²) in [6.45, 7) is 6.30. The summed E-state index contributed by atoms with van der Waals surface area (Å²) in [4.78, 5) is 53.3. The molecule has 0 spiro atoms. The SMILES string of the molecule is CCC(C)(C)C(=O)OC1CC(=O)N(OC(=O)c2cc(C)cc(C(F)(F)F)c2)C1=O. The maximum atomic E-state index is 12.9. The van der Waals surface area contributed by atoms with Crippen molar-refractivity contribution in [2.45, 2.75) is 52.8 Å². The molecule has 0 aliphatic carbocycles. The lowest BCUT2D eigenvalue weighted by atomic mass is 9.90. The number of imide groups is 1. The molecule has 2 amide bonds. The number of amides is 2. The topological polar surface area (TPSA) is 90.0 Å². The first kappa shape index (κ1) is 22.4. The Morgan fingerprint density at radius 1 is 1.17 bits per heavy atom. The third kappa shape index (κ3) is 4.93. The number of hydrogen-bond acceptors (Lipinski definition) is 6. The fourth-order valence-electron chi connectivity index (χ4n) is 2.40. The lowest BCUT2D eigenvalue weighted by Gasteiger charge is -2.22. The van der Waals surface area contributed by atoms with Crippen LogP contribution in [0.25, 0.3) is 0 Å². The first-order valence-corrected chi connectivity index (χ1v) is 8.75. The van der Waals surface area contributed by atoms with Crippen LogP contribution in [0.4, 0.5) is 13.2 Å². The number of halogens is 3. The van der Waals surface area contributed by atoms with Gasteiger partial charge in [0.2, 0.25) is 0 Å². The molecule has 10 heteroatoms. The van der Waals surface area contributed by atoms with E-state index in [0.717, 1.165) is 12.1 Å². The lowest BCUT2D eigenvalue weighted by molar-refractivity contribution is -0.179. The molecule has 1 heterocycles. The van der Waals surface area contributed by atoms with E-state index in [2.05, 4.69) is 0 Å². The van der Waals surface area contributed by atoms with Crippen LogP contribution in [0.15, 0.2) is 18.2 Å². The van der Waals surface area contributed by atoms with Gasteiger partial charge in [-0.25, -0.2) is 4.79 Å². The van der Waals surface area contributed by atoms with Crippen LogP contribution in [0.3, 0.4) is 0 Å². The predicted molar refractivity (Wildman–Crippen MR) is 92.0 cm³/mol. The molecule has 1 aliphatic rings. The number of aryl methyl sites for hydroxylation is 1. The van der Waals surface area contributed by atoms with E-state index in [9.17, 15) is 32.3 Å². The van der Waals surface area contributed by atoms with Crippen molar-refractivity contribution in [3.05, 3.63) is 34.9 Å². The van der Waals surface area contributed by atoms with Crippen LogP contribution in [-0.4, -0.2) is 34.9 Å². The van der Waals surface area contributed by atoms with E-state index in [1.807, 2.05) is 0 Å². The zero-order valence-electron chi connectivity index (χ0n) is 16.3. The molecular formula is C19H20F3NO6. The van der Waals surface area contributed by atoms with Gasteiger partial charge in [0.1, 0.15) is 0 Å². The lowest BCUT2D eigenvalue weighted by Crippen LogP contribution is -2.37. The number of ether oxygens (including phenoxy) is 1. The smallest absolute Gasteiger partial charge is 0.416 e. The highest BCUT2D eigenvalue weighted by molar-refractivity contribution is 6.06. The molecule has 1 unspecified atom stereocenters. The average molecular weight is 415 g/mol. The van der Waals surface area contributed by atoms with Crippen molar-refractivity contribution < 1.29 is 41.9 Å². The molecular weight excluding hydrogens is 395 g/mol. The second kappa shape index (κ2) is 7.84. The molecule has 0 N–H and O–H groups in total. The van der Waals surface area contributed by atoms with Gasteiger partial charge in [-0.05, 0) is 51.0 Å². The number of benzene rings is 1. The minimum absolute atomic E-state index is 0.120. The summed E-state index contributed by atoms with van der Waals surface area (Å²) in [5, 5.41) is 0.120. The molecule has 0 aromatic heterocycles. The van der Waals surface area contributed by atoms with Gasteiger partial charge in [0.15, 0.2) is 6.10 Å². The van der Waals surface area contributed by atoms with Crippen molar-refractivity contribution in [1.82, 2.24) is 5.06 Å². The Hall–Kier alpha value is -2.91. The van der Waals surface area contributed by atoms with Crippen LogP contribution in [0.1, 0.15) is 55.1 Å². The Morgan fingerprint density at radius 2 is 1.79 bits per heavy atom. The molecule has 7 nitrogen and oxygen atoms in total. The highest BCUT2D eigenvalue weighted by Crippen LogP contribution is 2.31. The van der Waals surface area contributed by atoms with E-state index in [-0.39, 0.29) is 10.6 Å². The first-order valence-electron chi connectivity index (χ1n) is 8.75. The molecule has 1 aromatic carbocycles. The number of alkyl halides is 3. The van der Waals surface area contributed by atoms with Crippen molar-refractivity contribution in [1.29, 1.82) is 0 Å². The Bertz CT molecular complexity index is 862. The standard InChI is InChI=1S/C19H20F3NO6/c1-5-18(3,4)17(27)28-13-9-14(24)23(15(13)25)29-16(26)11-6-10(2)7-12(8-11)19(20,21)22/h6-8,13H,5,9H2,1-4H3. The minimum Gasteiger partial charge on any atom is -0.451 e. The number of carbonyl (C=O) groups is 4. The molecule has 1 aromatic rings. The third-order valence-corrected chi connectivity index (χ3v) is 4.56. The second-order valence-electron chi connectivity index (χ2n) is 7.33. The highest BCUT2D eigenvalue weighted by atomic mass is 19.4. The van der Waals surface area contributed by atoms with Gasteiger partial charge in [-0.1, -0.05) is 12.0 Å². The number of hydrogen-bond donors (Lipinski definition) is 0. The van der Waals surface area contributed by atoms with Crippen LogP contribution in [0, 0.1) is 12.3 Å². The molecule has 1 saturated heterocycles. The number of rotatable bonds is 5. The fraction of sp³-hybridized carbons (Fsp3) is 0.474. The maximum Gasteiger partial charge on any atom is 0.416 e. The van der Waals surface area contributed by atoms with Crippen LogP contribution in [0.2, 0.25) is 0 Å². The number of carbonyl (C=O) groups excluding carboxylic acids is 4. The monoisotopic (exact) mass is 415 g/mol. The normalized spacial score (nSPS) is 17.5. The second-order valence-corrected chi connectivity index (χ2v) is 7.33. The van der Waals surface area contributed by atoms with Crippen LogP contribution in [-0.2, 0) is 30.1 Å². The number of hydroxylamine groups is 2. The van der Waals surface area contributed by atoms with Crippen molar-refractivity contribution >= 4 is 23.8 Å². The van der Waals surface area contributed by atoms with E-state index < -0.39 is 59.0 Å². The summed E-state index contributed by atoms with van der Waals surface area (Å²) in [6.07, 6.45) is -6.25. The van der Waals surface area contributed by atoms with Gasteiger partial charge in [-0.3, -0.25) is 14.4 Å². The Kier molecular flexibility index (Phi) is 6.05. The molecule has 1 fully saturated rings. The van der Waals surface area contributed by atoms with Crippen molar-refractivity contribution in [2.75, 3.05) is 0 Å². The molecule has 1 atom stereocenters. The summed E-state index contributed by atoms with van der Waals surface area (Å²) in [6, 6.07) is 2.53. The van der Waals surface area contributed by atoms with Gasteiger partial charge >= 0.3 is 24.0 Å². The Labute approximate surface area is 164 Å². The molecule has 29 heavy (non-hydrogen) atoms. The van der Waals surface area contributed by atoms with Crippen LogP contribution < -0.4 is 0 Å². The van der Waals surface area contributed by atoms with Crippen LogP contribution >= 0.6 is 0 Å². The summed E-state index contributed by atoms with van der Waals surface area (Å²) in [7, 11) is 0. The molecule has 2 rings (SSSR count). The Balaban J connectivity index is 2.15. The largest absolute Gasteiger partial charge is 0.451 e. The van der Waals surface area contributed by atoms with Gasteiger partial charge in [0, 0.05) is 0 Å². The van der Waals surface area contributed by atoms with Gasteiger partial charge in [-0.15, -0.1) is 0 Å². The zero-order chi connectivity index (χ0) is 22.1. The Morgan fingerprint density at radius 3 is 2.34 bits per heavy atom. The van der Waals surface area contributed by atoms with Gasteiger partial charge in [0.25, 0.3) is 5.91 Å². The number of esters is 1. The van der Waals surface area contributed by atoms with E-state index in [0.29, 0.717) is 12.5 Å². The van der Waals surface area contributed by atoms with E-state index in [1.165, 1.54) is 6.92 Å². The highest BCUT2D eigenvalue weighted by Gasteiger charge is 2.46. The van der Waals surface area contributed by atoms with Gasteiger partial charge < -0.3 is 9.57 Å². The van der Waals surface area contributed by atoms with Gasteiger partial charge in [-0.2, -0.15) is 13.2 Å². The van der Waals surface area contributed by atoms with E-state index in [1.54, 1.807) is 20.8 Å². The summed E-state index contributed by atoms with van der Waals surface area (Å²) in [5.74, 6) is -4.04. The summed E-state index contributed by atoms with van der Waals surface area (Å²) < 4.78 is 43.8. The van der Waals surface area contributed by atoms with Crippen molar-refractivity contribution in [2.24, 2.45) is 5.41 Å². The molecule has 0 radical (unpaired) electrons. The van der Waals surface area contributed by atoms with Gasteiger partial charge in [0.05, 0.1) is 23.0 Å². The molecule has 158 valence electrons. The van der Waals surface area contributed by atoms with E-state index in [4.69, 9.17) is 9.57 Å².